The Morgan fingerprint density at radius 1 is 1.07 bits per heavy atom. The summed E-state index contributed by atoms with van der Waals surface area (Å²) in [5.74, 6) is -0.568. The standard InChI is InChI=1S/C23H14ClFN2O3/c1-12-3-2-4-18(26-12)27-20(13-5-8-15(25)9-6-13)19-21(28)16-11-14(24)7-10-17(16)30-22(19)23(27)29/h2-11,20H,1H3/t20-/m0/s1. The van der Waals surface area contributed by atoms with Gasteiger partial charge in [-0.05, 0) is 55.0 Å². The maximum absolute atomic E-state index is 13.6. The third-order valence-corrected chi connectivity index (χ3v) is 5.37. The summed E-state index contributed by atoms with van der Waals surface area (Å²) < 4.78 is 19.4. The SMILES string of the molecule is Cc1cccc(N2C(=O)c3oc4ccc(Cl)cc4c(=O)c3[C@@H]2c2ccc(F)cc2)n1. The minimum Gasteiger partial charge on any atom is -0.450 e. The van der Waals surface area contributed by atoms with Crippen LogP contribution in [-0.4, -0.2) is 10.9 Å². The van der Waals surface area contributed by atoms with E-state index in [9.17, 15) is 14.0 Å². The maximum atomic E-state index is 13.6. The summed E-state index contributed by atoms with van der Waals surface area (Å²) in [7, 11) is 0. The third kappa shape index (κ3) is 2.80. The molecule has 30 heavy (non-hydrogen) atoms. The second-order valence-corrected chi connectivity index (χ2v) is 7.52. The molecule has 0 unspecified atom stereocenters. The van der Waals surface area contributed by atoms with E-state index in [1.165, 1.54) is 23.1 Å². The zero-order valence-corrected chi connectivity index (χ0v) is 16.5. The number of benzene rings is 2. The molecule has 2 aromatic carbocycles. The monoisotopic (exact) mass is 420 g/mol. The van der Waals surface area contributed by atoms with Crippen LogP contribution in [-0.2, 0) is 0 Å². The van der Waals surface area contributed by atoms with Gasteiger partial charge in [0.15, 0.2) is 5.43 Å². The van der Waals surface area contributed by atoms with E-state index in [4.69, 9.17) is 16.0 Å². The summed E-state index contributed by atoms with van der Waals surface area (Å²) in [5, 5.41) is 0.662. The number of rotatable bonds is 2. The average molecular weight is 421 g/mol. The van der Waals surface area contributed by atoms with Crippen LogP contribution < -0.4 is 10.3 Å². The summed E-state index contributed by atoms with van der Waals surface area (Å²) in [5.41, 5.74) is 1.38. The van der Waals surface area contributed by atoms with Crippen LogP contribution in [0.25, 0.3) is 11.0 Å². The summed E-state index contributed by atoms with van der Waals surface area (Å²) >= 11 is 6.07. The number of aryl methyl sites for hydroxylation is 1. The van der Waals surface area contributed by atoms with Crippen LogP contribution in [0, 0.1) is 12.7 Å². The summed E-state index contributed by atoms with van der Waals surface area (Å²) in [6.07, 6.45) is 0. The molecular formula is C23H14ClFN2O3. The Hall–Kier alpha value is -3.51. The molecular weight excluding hydrogens is 407 g/mol. The van der Waals surface area contributed by atoms with Crippen LogP contribution in [0.15, 0.2) is 69.9 Å². The number of nitrogens with zero attached hydrogens (tertiary/aromatic N) is 2. The van der Waals surface area contributed by atoms with Gasteiger partial charge >= 0.3 is 0 Å². The van der Waals surface area contributed by atoms with Crippen LogP contribution in [0.4, 0.5) is 10.2 Å². The molecule has 0 fully saturated rings. The van der Waals surface area contributed by atoms with Gasteiger partial charge in [0.25, 0.3) is 5.91 Å². The lowest BCUT2D eigenvalue weighted by Crippen LogP contribution is -2.30. The van der Waals surface area contributed by atoms with Crippen LogP contribution >= 0.6 is 11.6 Å². The predicted octanol–water partition coefficient (Wildman–Crippen LogP) is 5.04. The fraction of sp³-hybridized carbons (Fsp3) is 0.0870. The number of carbonyl (C=O) groups excluding carboxylic acids is 1. The van der Waals surface area contributed by atoms with E-state index < -0.39 is 17.8 Å². The molecule has 1 aliphatic rings. The molecule has 0 saturated heterocycles. The Morgan fingerprint density at radius 2 is 1.83 bits per heavy atom. The molecule has 7 heteroatoms. The van der Waals surface area contributed by atoms with E-state index in [1.54, 1.807) is 36.4 Å². The van der Waals surface area contributed by atoms with Crippen molar-refractivity contribution in [2.45, 2.75) is 13.0 Å². The fourth-order valence-electron chi connectivity index (χ4n) is 3.80. The highest BCUT2D eigenvalue weighted by Crippen LogP contribution is 2.40. The Balaban J connectivity index is 1.83. The molecule has 0 radical (unpaired) electrons. The lowest BCUT2D eigenvalue weighted by Gasteiger charge is -2.24. The highest BCUT2D eigenvalue weighted by molar-refractivity contribution is 6.31. The van der Waals surface area contributed by atoms with Crippen molar-refractivity contribution in [1.29, 1.82) is 0 Å². The van der Waals surface area contributed by atoms with Crippen molar-refractivity contribution >= 4 is 34.3 Å². The molecule has 5 nitrogen and oxygen atoms in total. The van der Waals surface area contributed by atoms with Gasteiger partial charge in [0.2, 0.25) is 5.76 Å². The number of pyridine rings is 1. The molecule has 4 aromatic rings. The molecule has 5 rings (SSSR count). The van der Waals surface area contributed by atoms with Crippen molar-refractivity contribution in [1.82, 2.24) is 4.98 Å². The highest BCUT2D eigenvalue weighted by Gasteiger charge is 2.44. The zero-order valence-electron chi connectivity index (χ0n) is 15.7. The van der Waals surface area contributed by atoms with Crippen LogP contribution in [0.1, 0.15) is 33.4 Å². The Labute approximate surface area is 175 Å². The van der Waals surface area contributed by atoms with Gasteiger partial charge in [-0.25, -0.2) is 9.37 Å². The van der Waals surface area contributed by atoms with Crippen LogP contribution in [0.5, 0.6) is 0 Å². The molecule has 0 bridgehead atoms. The molecule has 3 heterocycles. The second kappa shape index (κ2) is 6.78. The molecule has 1 aliphatic heterocycles. The fourth-order valence-corrected chi connectivity index (χ4v) is 3.98. The van der Waals surface area contributed by atoms with Crippen LogP contribution in [0.3, 0.4) is 0 Å². The number of hydrogen-bond donors (Lipinski definition) is 0. The summed E-state index contributed by atoms with van der Waals surface area (Å²) in [4.78, 5) is 32.7. The molecule has 148 valence electrons. The minimum atomic E-state index is -0.804. The molecule has 1 atom stereocenters. The first kappa shape index (κ1) is 18.5. The Kier molecular flexibility index (Phi) is 4.18. The van der Waals surface area contributed by atoms with E-state index in [-0.39, 0.29) is 27.7 Å². The van der Waals surface area contributed by atoms with E-state index in [2.05, 4.69) is 4.98 Å². The van der Waals surface area contributed by atoms with Crippen molar-refractivity contribution in [3.05, 3.63) is 104 Å². The predicted molar refractivity (Wildman–Crippen MR) is 112 cm³/mol. The lowest BCUT2D eigenvalue weighted by molar-refractivity contribution is 0.0970. The highest BCUT2D eigenvalue weighted by atomic mass is 35.5. The van der Waals surface area contributed by atoms with E-state index in [0.29, 0.717) is 22.1 Å². The Morgan fingerprint density at radius 3 is 2.57 bits per heavy atom. The largest absolute Gasteiger partial charge is 0.450 e. The van der Waals surface area contributed by atoms with Crippen molar-refractivity contribution in [2.24, 2.45) is 0 Å². The topological polar surface area (TPSA) is 63.4 Å². The van der Waals surface area contributed by atoms with Gasteiger partial charge in [0, 0.05) is 10.7 Å². The second-order valence-electron chi connectivity index (χ2n) is 7.08. The third-order valence-electron chi connectivity index (χ3n) is 5.14. The lowest BCUT2D eigenvalue weighted by atomic mass is 9.98. The normalized spacial score (nSPS) is 15.6. The van der Waals surface area contributed by atoms with E-state index in [1.807, 2.05) is 13.0 Å². The smallest absolute Gasteiger partial charge is 0.296 e. The van der Waals surface area contributed by atoms with Crippen molar-refractivity contribution in [3.63, 3.8) is 0 Å². The quantitative estimate of drug-likeness (QED) is 0.456. The minimum absolute atomic E-state index is 0.0487. The molecule has 0 spiro atoms. The van der Waals surface area contributed by atoms with Gasteiger partial charge < -0.3 is 4.42 Å². The van der Waals surface area contributed by atoms with Gasteiger partial charge in [0.05, 0.1) is 17.0 Å². The van der Waals surface area contributed by atoms with Gasteiger partial charge in [0.1, 0.15) is 17.2 Å². The van der Waals surface area contributed by atoms with Crippen LogP contribution in [0.2, 0.25) is 5.02 Å². The first-order valence-electron chi connectivity index (χ1n) is 9.23. The molecule has 0 aliphatic carbocycles. The first-order valence-corrected chi connectivity index (χ1v) is 9.61. The number of carbonyl (C=O) groups is 1. The van der Waals surface area contributed by atoms with E-state index in [0.717, 1.165) is 0 Å². The number of anilines is 1. The molecule has 1 amide bonds. The average Bonchev–Trinajstić information content (AvgIpc) is 3.02. The van der Waals surface area contributed by atoms with Gasteiger partial charge in [-0.3, -0.25) is 14.5 Å². The van der Waals surface area contributed by atoms with Crippen molar-refractivity contribution in [2.75, 3.05) is 4.90 Å². The summed E-state index contributed by atoms with van der Waals surface area (Å²) in [6, 6.07) is 14.8. The Bertz CT molecular complexity index is 1380. The maximum Gasteiger partial charge on any atom is 0.296 e. The zero-order chi connectivity index (χ0) is 21.0. The number of aromatic nitrogens is 1. The van der Waals surface area contributed by atoms with Gasteiger partial charge in [-0.2, -0.15) is 0 Å². The summed E-state index contributed by atoms with van der Waals surface area (Å²) in [6.45, 7) is 1.81. The molecule has 0 saturated carbocycles. The van der Waals surface area contributed by atoms with E-state index >= 15 is 0 Å². The molecule has 2 aromatic heterocycles. The number of hydrogen-bond acceptors (Lipinski definition) is 4. The van der Waals surface area contributed by atoms with Crippen molar-refractivity contribution < 1.29 is 13.6 Å². The number of fused-ring (bicyclic) bond motifs is 2. The van der Waals surface area contributed by atoms with Gasteiger partial charge in [-0.1, -0.05) is 29.8 Å². The number of halogens is 2. The van der Waals surface area contributed by atoms with Gasteiger partial charge in [-0.15, -0.1) is 0 Å². The number of amides is 1. The van der Waals surface area contributed by atoms with Crippen molar-refractivity contribution in [3.8, 4) is 0 Å². The first-order chi connectivity index (χ1) is 14.4. The molecule has 0 N–H and O–H groups in total.